The molecule has 3 rings (SSSR count). The number of aromatic nitrogens is 2. The van der Waals surface area contributed by atoms with E-state index in [0.717, 1.165) is 24.7 Å². The van der Waals surface area contributed by atoms with E-state index in [0.29, 0.717) is 17.0 Å². The fraction of sp³-hybridized carbons (Fsp3) is 0.667. The number of nitrogens with two attached hydrogens (primary N) is 1. The van der Waals surface area contributed by atoms with Gasteiger partial charge < -0.3 is 10.6 Å². The lowest BCUT2D eigenvalue weighted by molar-refractivity contribution is 0.760. The van der Waals surface area contributed by atoms with E-state index < -0.39 is 0 Å². The zero-order chi connectivity index (χ0) is 11.8. The molecule has 92 valence electrons. The molecular formula is C12H18N4S. The van der Waals surface area contributed by atoms with Crippen molar-refractivity contribution in [2.45, 2.75) is 30.9 Å². The van der Waals surface area contributed by atoms with Gasteiger partial charge in [-0.15, -0.1) is 0 Å². The lowest BCUT2D eigenvalue weighted by Crippen LogP contribution is -2.37. The predicted molar refractivity (Wildman–Crippen MR) is 72.6 cm³/mol. The van der Waals surface area contributed by atoms with Gasteiger partial charge in [-0.05, 0) is 12.8 Å². The summed E-state index contributed by atoms with van der Waals surface area (Å²) < 4.78 is 0. The summed E-state index contributed by atoms with van der Waals surface area (Å²) in [5.41, 5.74) is 5.88. The van der Waals surface area contributed by atoms with Crippen LogP contribution in [-0.4, -0.2) is 34.1 Å². The van der Waals surface area contributed by atoms with Gasteiger partial charge in [-0.25, -0.2) is 9.97 Å². The van der Waals surface area contributed by atoms with Crippen molar-refractivity contribution in [1.29, 1.82) is 0 Å². The molecule has 1 aliphatic heterocycles. The van der Waals surface area contributed by atoms with E-state index in [4.69, 9.17) is 5.73 Å². The van der Waals surface area contributed by atoms with Gasteiger partial charge in [-0.1, -0.05) is 6.92 Å². The Morgan fingerprint density at radius 2 is 2.24 bits per heavy atom. The number of nitrogens with zero attached hydrogens (tertiary/aromatic N) is 3. The van der Waals surface area contributed by atoms with Crippen molar-refractivity contribution in [1.82, 2.24) is 9.97 Å². The first-order valence-corrected chi connectivity index (χ1v) is 7.28. The second-order valence-electron chi connectivity index (χ2n) is 4.91. The predicted octanol–water partition coefficient (Wildman–Crippen LogP) is 1.88. The minimum atomic E-state index is 0.564. The van der Waals surface area contributed by atoms with Crippen LogP contribution in [0.3, 0.4) is 0 Å². The van der Waals surface area contributed by atoms with Crippen LogP contribution in [0.25, 0.3) is 0 Å². The second kappa shape index (κ2) is 4.37. The molecule has 2 fully saturated rings. The fourth-order valence-electron chi connectivity index (χ4n) is 2.18. The van der Waals surface area contributed by atoms with Crippen LogP contribution in [0.2, 0.25) is 0 Å². The molecule has 2 N–H and O–H groups in total. The van der Waals surface area contributed by atoms with Gasteiger partial charge in [0.2, 0.25) is 0 Å². The number of hydrogen-bond donors (Lipinski definition) is 1. The number of anilines is 2. The van der Waals surface area contributed by atoms with Gasteiger partial charge in [-0.3, -0.25) is 0 Å². The van der Waals surface area contributed by atoms with Gasteiger partial charge >= 0.3 is 0 Å². The Labute approximate surface area is 106 Å². The van der Waals surface area contributed by atoms with Crippen LogP contribution in [-0.2, 0) is 0 Å². The van der Waals surface area contributed by atoms with E-state index in [2.05, 4.69) is 21.8 Å². The van der Waals surface area contributed by atoms with Crippen LogP contribution < -0.4 is 10.6 Å². The lowest BCUT2D eigenvalue weighted by atomic mass is 10.3. The summed E-state index contributed by atoms with van der Waals surface area (Å²) in [5.74, 6) is 4.32. The van der Waals surface area contributed by atoms with Crippen LogP contribution in [0.1, 0.15) is 31.5 Å². The van der Waals surface area contributed by atoms with E-state index in [1.807, 2.05) is 17.8 Å². The lowest BCUT2D eigenvalue weighted by Gasteiger charge is -2.31. The van der Waals surface area contributed by atoms with Crippen LogP contribution >= 0.6 is 11.8 Å². The average Bonchev–Trinajstić information content (AvgIpc) is 3.12. The van der Waals surface area contributed by atoms with Crippen molar-refractivity contribution in [2.24, 2.45) is 0 Å². The Hall–Kier alpha value is -0.970. The average molecular weight is 250 g/mol. The molecule has 1 atom stereocenters. The second-order valence-corrected chi connectivity index (χ2v) is 6.46. The third-order valence-corrected chi connectivity index (χ3v) is 4.39. The minimum absolute atomic E-state index is 0.564. The molecule has 5 heteroatoms. The molecule has 1 aliphatic carbocycles. The van der Waals surface area contributed by atoms with Crippen molar-refractivity contribution in [3.05, 3.63) is 11.9 Å². The van der Waals surface area contributed by atoms with Crippen molar-refractivity contribution >= 4 is 23.4 Å². The van der Waals surface area contributed by atoms with E-state index in [9.17, 15) is 0 Å². The Morgan fingerprint density at radius 1 is 1.41 bits per heavy atom. The highest BCUT2D eigenvalue weighted by Gasteiger charge is 2.28. The molecule has 1 saturated heterocycles. The highest BCUT2D eigenvalue weighted by atomic mass is 32.2. The molecule has 0 aromatic carbocycles. The molecule has 1 saturated carbocycles. The number of thioether (sulfide) groups is 1. The third kappa shape index (κ3) is 2.49. The SMILES string of the molecule is CC1CN(c2cc(N)nc(C3CC3)n2)CCS1. The standard InChI is InChI=1S/C12H18N4S/c1-8-7-16(4-5-17-8)11-6-10(13)14-12(15-11)9-2-3-9/h6,8-9H,2-5,7H2,1H3,(H2,13,14,15). The molecule has 2 aliphatic rings. The summed E-state index contributed by atoms with van der Waals surface area (Å²) in [6.45, 7) is 4.39. The smallest absolute Gasteiger partial charge is 0.136 e. The Bertz CT molecular complexity index is 419. The first-order chi connectivity index (χ1) is 8.22. The van der Waals surface area contributed by atoms with Crippen molar-refractivity contribution < 1.29 is 0 Å². The molecule has 1 aromatic rings. The zero-order valence-corrected chi connectivity index (χ0v) is 10.9. The van der Waals surface area contributed by atoms with E-state index in [1.54, 1.807) is 0 Å². The fourth-order valence-corrected chi connectivity index (χ4v) is 3.20. The van der Waals surface area contributed by atoms with Gasteiger partial charge in [0.05, 0.1) is 0 Å². The van der Waals surface area contributed by atoms with Crippen LogP contribution in [0.15, 0.2) is 6.07 Å². The van der Waals surface area contributed by atoms with E-state index >= 15 is 0 Å². The minimum Gasteiger partial charge on any atom is -0.384 e. The maximum Gasteiger partial charge on any atom is 0.136 e. The quantitative estimate of drug-likeness (QED) is 0.868. The topological polar surface area (TPSA) is 55.0 Å². The van der Waals surface area contributed by atoms with Gasteiger partial charge in [0.25, 0.3) is 0 Å². The molecule has 2 heterocycles. The molecule has 1 aromatic heterocycles. The summed E-state index contributed by atoms with van der Waals surface area (Å²) in [6.07, 6.45) is 2.43. The van der Waals surface area contributed by atoms with Crippen molar-refractivity contribution in [3.63, 3.8) is 0 Å². The summed E-state index contributed by atoms with van der Waals surface area (Å²) >= 11 is 2.03. The van der Waals surface area contributed by atoms with E-state index in [-0.39, 0.29) is 0 Å². The molecule has 0 bridgehead atoms. The first-order valence-electron chi connectivity index (χ1n) is 6.23. The van der Waals surface area contributed by atoms with Crippen molar-refractivity contribution in [3.8, 4) is 0 Å². The third-order valence-electron chi connectivity index (χ3n) is 3.26. The highest BCUT2D eigenvalue weighted by Crippen LogP contribution is 2.39. The summed E-state index contributed by atoms with van der Waals surface area (Å²) in [7, 11) is 0. The molecular weight excluding hydrogens is 232 g/mol. The van der Waals surface area contributed by atoms with Gasteiger partial charge in [0, 0.05) is 36.1 Å². The number of hydrogen-bond acceptors (Lipinski definition) is 5. The molecule has 0 spiro atoms. The Balaban J connectivity index is 1.85. The van der Waals surface area contributed by atoms with Crippen LogP contribution in [0.4, 0.5) is 11.6 Å². The van der Waals surface area contributed by atoms with Gasteiger partial charge in [0.15, 0.2) is 0 Å². The van der Waals surface area contributed by atoms with Gasteiger partial charge in [-0.2, -0.15) is 11.8 Å². The summed E-state index contributed by atoms with van der Waals surface area (Å²) in [6, 6.07) is 1.91. The normalized spacial score (nSPS) is 25.0. The molecule has 17 heavy (non-hydrogen) atoms. The highest BCUT2D eigenvalue weighted by molar-refractivity contribution is 8.00. The molecule has 0 radical (unpaired) electrons. The molecule has 4 nitrogen and oxygen atoms in total. The Morgan fingerprint density at radius 3 is 2.94 bits per heavy atom. The van der Waals surface area contributed by atoms with Crippen LogP contribution in [0.5, 0.6) is 0 Å². The molecule has 1 unspecified atom stereocenters. The van der Waals surface area contributed by atoms with Gasteiger partial charge in [0.1, 0.15) is 17.5 Å². The first kappa shape index (κ1) is 11.1. The van der Waals surface area contributed by atoms with Crippen molar-refractivity contribution in [2.75, 3.05) is 29.5 Å². The van der Waals surface area contributed by atoms with Crippen LogP contribution in [0, 0.1) is 0 Å². The summed E-state index contributed by atoms with van der Waals surface area (Å²) in [4.78, 5) is 11.4. The number of nitrogen functional groups attached to an aromatic ring is 1. The van der Waals surface area contributed by atoms with E-state index in [1.165, 1.54) is 18.6 Å². The maximum atomic E-state index is 5.88. The Kier molecular flexibility index (Phi) is 2.86. The molecule has 0 amide bonds. The monoisotopic (exact) mass is 250 g/mol. The summed E-state index contributed by atoms with van der Waals surface area (Å²) in [5, 5.41) is 0.671. The maximum absolute atomic E-state index is 5.88. The number of rotatable bonds is 2. The zero-order valence-electron chi connectivity index (χ0n) is 10.1. The largest absolute Gasteiger partial charge is 0.384 e.